The summed E-state index contributed by atoms with van der Waals surface area (Å²) in [5.74, 6) is 0.689. The van der Waals surface area contributed by atoms with E-state index >= 15 is 0 Å². The number of methoxy groups -OCH3 is 1. The lowest BCUT2D eigenvalue weighted by Crippen LogP contribution is -2.39. The van der Waals surface area contributed by atoms with E-state index in [2.05, 4.69) is 15.8 Å². The van der Waals surface area contributed by atoms with E-state index in [4.69, 9.17) is 13.9 Å². The number of hydrogen-bond donors (Lipinski definition) is 2. The number of amides is 2. The quantitative estimate of drug-likeness (QED) is 0.179. The van der Waals surface area contributed by atoms with Gasteiger partial charge in [-0.3, -0.25) is 13.9 Å². The van der Waals surface area contributed by atoms with Crippen LogP contribution in [0.2, 0.25) is 0 Å². The zero-order chi connectivity index (χ0) is 30.0. The molecule has 0 aliphatic carbocycles. The molecule has 2 N–H and O–H groups in total. The molecule has 1 heterocycles. The molecule has 0 atom stereocenters. The Morgan fingerprint density at radius 1 is 0.929 bits per heavy atom. The number of aryl methyl sites for hydroxylation is 1. The summed E-state index contributed by atoms with van der Waals surface area (Å²) in [5, 5.41) is 6.65. The molecule has 0 unspecified atom stereocenters. The molecule has 3 aromatic carbocycles. The first-order valence-electron chi connectivity index (χ1n) is 12.8. The molecular weight excluding hydrogens is 560 g/mol. The smallest absolute Gasteiger partial charge is 0.264 e. The van der Waals surface area contributed by atoms with Gasteiger partial charge < -0.3 is 19.2 Å². The third-order valence-corrected chi connectivity index (χ3v) is 7.74. The predicted octanol–water partition coefficient (Wildman–Crippen LogP) is 3.64. The molecule has 0 aliphatic heterocycles. The van der Waals surface area contributed by atoms with Crippen molar-refractivity contribution in [2.24, 2.45) is 5.10 Å². The molecule has 42 heavy (non-hydrogen) atoms. The van der Waals surface area contributed by atoms with Crippen molar-refractivity contribution in [3.8, 4) is 11.5 Å². The van der Waals surface area contributed by atoms with E-state index in [1.165, 1.54) is 43.9 Å². The summed E-state index contributed by atoms with van der Waals surface area (Å²) in [6.45, 7) is 1.49. The predicted molar refractivity (Wildman–Crippen MR) is 157 cm³/mol. The second-order valence-electron chi connectivity index (χ2n) is 9.03. The molecule has 1 aromatic heterocycles. The van der Waals surface area contributed by atoms with Gasteiger partial charge in [0.1, 0.15) is 23.8 Å². The Hall–Kier alpha value is -5.10. The van der Waals surface area contributed by atoms with E-state index in [9.17, 15) is 18.0 Å². The maximum atomic E-state index is 13.5. The number of hydrazone groups is 1. The van der Waals surface area contributed by atoms with Crippen molar-refractivity contribution in [3.05, 3.63) is 108 Å². The summed E-state index contributed by atoms with van der Waals surface area (Å²) in [4.78, 5) is 24.7. The van der Waals surface area contributed by atoms with Crippen molar-refractivity contribution >= 4 is 33.7 Å². The first kappa shape index (κ1) is 29.9. The number of benzene rings is 3. The van der Waals surface area contributed by atoms with Crippen LogP contribution >= 0.6 is 0 Å². The Morgan fingerprint density at radius 2 is 1.62 bits per heavy atom. The van der Waals surface area contributed by atoms with Crippen molar-refractivity contribution in [2.45, 2.75) is 18.4 Å². The van der Waals surface area contributed by atoms with Gasteiger partial charge in [-0.1, -0.05) is 17.7 Å². The van der Waals surface area contributed by atoms with Crippen LogP contribution in [0.5, 0.6) is 11.5 Å². The zero-order valence-corrected chi connectivity index (χ0v) is 23.8. The molecule has 0 saturated carbocycles. The van der Waals surface area contributed by atoms with Gasteiger partial charge >= 0.3 is 0 Å². The number of rotatable bonds is 13. The van der Waals surface area contributed by atoms with Crippen molar-refractivity contribution in [2.75, 3.05) is 24.6 Å². The summed E-state index contributed by atoms with van der Waals surface area (Å²) in [6, 6.07) is 22.9. The number of carbonyl (C=O) groups is 2. The normalized spacial score (nSPS) is 11.2. The average molecular weight is 591 g/mol. The van der Waals surface area contributed by atoms with Crippen LogP contribution in [0, 0.1) is 6.92 Å². The van der Waals surface area contributed by atoms with Gasteiger partial charge in [0.05, 0.1) is 36.7 Å². The standard InChI is InChI=1S/C30H30N4O7S/c1-22-5-9-24(10-6-22)34(42(37,38)28-15-13-25(39-2)14-16-28)20-29(35)33-32-18-23-7-11-26(12-8-23)41-21-30(36)31-19-27-4-3-17-40-27/h3-18H,19-21H2,1-2H3,(H,31,36)(H,33,35)/b32-18-. The van der Waals surface area contributed by atoms with Crippen molar-refractivity contribution in [1.29, 1.82) is 0 Å². The molecule has 0 spiro atoms. The van der Waals surface area contributed by atoms with E-state index in [1.807, 2.05) is 6.92 Å². The van der Waals surface area contributed by atoms with Gasteiger partial charge in [0.15, 0.2) is 6.61 Å². The van der Waals surface area contributed by atoms with Crippen LogP contribution in [0.1, 0.15) is 16.9 Å². The molecule has 0 fully saturated rings. The molecular formula is C30H30N4O7S. The molecule has 2 amide bonds. The molecule has 0 radical (unpaired) electrons. The molecule has 11 nitrogen and oxygen atoms in total. The van der Waals surface area contributed by atoms with Gasteiger partial charge in [0.25, 0.3) is 21.8 Å². The molecule has 4 rings (SSSR count). The minimum Gasteiger partial charge on any atom is -0.497 e. The minimum atomic E-state index is -4.08. The third kappa shape index (κ3) is 8.21. The SMILES string of the molecule is COc1ccc(S(=O)(=O)N(CC(=O)N/N=C\c2ccc(OCC(=O)NCc3ccco3)cc2)c2ccc(C)cc2)cc1. The lowest BCUT2D eigenvalue weighted by Gasteiger charge is -2.24. The Balaban J connectivity index is 1.34. The fourth-order valence-corrected chi connectivity index (χ4v) is 5.12. The first-order valence-corrected chi connectivity index (χ1v) is 14.3. The molecule has 0 saturated heterocycles. The number of ether oxygens (including phenoxy) is 2. The fourth-order valence-electron chi connectivity index (χ4n) is 3.69. The number of furan rings is 1. The van der Waals surface area contributed by atoms with Crippen LogP contribution < -0.4 is 24.5 Å². The van der Waals surface area contributed by atoms with Gasteiger partial charge in [0.2, 0.25) is 0 Å². The molecule has 4 aromatic rings. The molecule has 0 bridgehead atoms. The van der Waals surface area contributed by atoms with E-state index < -0.39 is 22.5 Å². The largest absolute Gasteiger partial charge is 0.497 e. The summed E-state index contributed by atoms with van der Waals surface area (Å²) < 4.78 is 43.8. The molecule has 0 aliphatic rings. The zero-order valence-electron chi connectivity index (χ0n) is 23.0. The van der Waals surface area contributed by atoms with Crippen LogP contribution in [0.15, 0.2) is 106 Å². The Morgan fingerprint density at radius 3 is 2.26 bits per heavy atom. The second-order valence-corrected chi connectivity index (χ2v) is 10.9. The number of carbonyl (C=O) groups excluding carboxylic acids is 2. The first-order chi connectivity index (χ1) is 20.2. The van der Waals surface area contributed by atoms with Gasteiger partial charge in [-0.25, -0.2) is 13.8 Å². The lowest BCUT2D eigenvalue weighted by atomic mass is 10.2. The van der Waals surface area contributed by atoms with Crippen molar-refractivity contribution in [3.63, 3.8) is 0 Å². The van der Waals surface area contributed by atoms with E-state index in [1.54, 1.807) is 60.7 Å². The highest BCUT2D eigenvalue weighted by molar-refractivity contribution is 7.92. The molecule has 12 heteroatoms. The number of sulfonamides is 1. The topological polar surface area (TPSA) is 140 Å². The van der Waals surface area contributed by atoms with Crippen LogP contribution in [-0.4, -0.2) is 46.7 Å². The van der Waals surface area contributed by atoms with Crippen LogP contribution in [0.4, 0.5) is 5.69 Å². The lowest BCUT2D eigenvalue weighted by molar-refractivity contribution is -0.123. The number of hydrogen-bond acceptors (Lipinski definition) is 8. The highest BCUT2D eigenvalue weighted by Gasteiger charge is 2.27. The summed E-state index contributed by atoms with van der Waals surface area (Å²) in [6.07, 6.45) is 2.94. The van der Waals surface area contributed by atoms with Crippen LogP contribution in [0.25, 0.3) is 0 Å². The number of nitrogens with zero attached hydrogens (tertiary/aromatic N) is 2. The maximum Gasteiger partial charge on any atom is 0.264 e. The maximum absolute atomic E-state index is 13.5. The van der Waals surface area contributed by atoms with Gasteiger partial charge in [-0.05, 0) is 85.3 Å². The van der Waals surface area contributed by atoms with Crippen LogP contribution in [0.3, 0.4) is 0 Å². The highest BCUT2D eigenvalue weighted by Crippen LogP contribution is 2.25. The van der Waals surface area contributed by atoms with Crippen LogP contribution in [-0.2, 0) is 26.2 Å². The van der Waals surface area contributed by atoms with E-state index in [0.717, 1.165) is 9.87 Å². The second kappa shape index (κ2) is 14.0. The summed E-state index contributed by atoms with van der Waals surface area (Å²) in [5.41, 5.74) is 4.30. The highest BCUT2D eigenvalue weighted by atomic mass is 32.2. The monoisotopic (exact) mass is 590 g/mol. The summed E-state index contributed by atoms with van der Waals surface area (Å²) >= 11 is 0. The Bertz CT molecular complexity index is 1600. The van der Waals surface area contributed by atoms with Gasteiger partial charge in [0, 0.05) is 0 Å². The molecule has 218 valence electrons. The Labute approximate surface area is 243 Å². The minimum absolute atomic E-state index is 0.0116. The van der Waals surface area contributed by atoms with E-state index in [-0.39, 0.29) is 24.0 Å². The Kier molecular flexibility index (Phi) is 9.95. The average Bonchev–Trinajstić information content (AvgIpc) is 3.53. The number of anilines is 1. The van der Waals surface area contributed by atoms with Crippen molar-refractivity contribution < 1.29 is 31.9 Å². The third-order valence-electron chi connectivity index (χ3n) is 5.95. The van der Waals surface area contributed by atoms with Crippen molar-refractivity contribution in [1.82, 2.24) is 10.7 Å². The van der Waals surface area contributed by atoms with E-state index in [0.29, 0.717) is 28.5 Å². The van der Waals surface area contributed by atoms with Gasteiger partial charge in [-0.2, -0.15) is 5.10 Å². The summed E-state index contributed by atoms with van der Waals surface area (Å²) in [7, 11) is -2.59. The van der Waals surface area contributed by atoms with Gasteiger partial charge in [-0.15, -0.1) is 0 Å². The number of nitrogens with one attached hydrogen (secondary N) is 2. The fraction of sp³-hybridized carbons (Fsp3) is 0.167.